The third-order valence-corrected chi connectivity index (χ3v) is 4.00. The van der Waals surface area contributed by atoms with Gasteiger partial charge in [-0.15, -0.1) is 0 Å². The number of rotatable bonds is 6. The van der Waals surface area contributed by atoms with Gasteiger partial charge >= 0.3 is 5.97 Å². The minimum Gasteiger partial charge on any atom is -0.480 e. The largest absolute Gasteiger partial charge is 0.480 e. The number of carbonyl (C=O) groups excluding carboxylic acids is 1. The highest BCUT2D eigenvalue weighted by atomic mass is 16.4. The number of amides is 1. The monoisotopic (exact) mass is 337 g/mol. The molecule has 25 heavy (non-hydrogen) atoms. The highest BCUT2D eigenvalue weighted by molar-refractivity contribution is 6.08. The van der Waals surface area contributed by atoms with Gasteiger partial charge in [0.15, 0.2) is 0 Å². The summed E-state index contributed by atoms with van der Waals surface area (Å²) in [5.74, 6) is -1.30. The van der Waals surface area contributed by atoms with Crippen molar-refractivity contribution in [2.45, 2.75) is 26.7 Å². The summed E-state index contributed by atoms with van der Waals surface area (Å²) in [6.07, 6.45) is 3.99. The third-order valence-electron chi connectivity index (χ3n) is 4.00. The number of allylic oxidation sites excluding steroid dienone is 2. The zero-order chi connectivity index (χ0) is 18.4. The molecule has 1 amide bonds. The van der Waals surface area contributed by atoms with Gasteiger partial charge < -0.3 is 5.11 Å². The molecule has 2 aromatic carbocycles. The summed E-state index contributed by atoms with van der Waals surface area (Å²) in [5, 5.41) is 9.32. The van der Waals surface area contributed by atoms with Crippen molar-refractivity contribution in [1.82, 2.24) is 0 Å². The van der Waals surface area contributed by atoms with Crippen LogP contribution in [-0.4, -0.2) is 23.5 Å². The van der Waals surface area contributed by atoms with E-state index in [9.17, 15) is 14.7 Å². The average molecular weight is 337 g/mol. The van der Waals surface area contributed by atoms with Crippen LogP contribution in [0.1, 0.15) is 41.3 Å². The van der Waals surface area contributed by atoms with Crippen LogP contribution in [-0.2, 0) is 4.79 Å². The normalized spacial score (nSPS) is 12.1. The number of carbonyl (C=O) groups is 2. The lowest BCUT2D eigenvalue weighted by atomic mass is 9.95. The van der Waals surface area contributed by atoms with Gasteiger partial charge in [-0.2, -0.15) is 0 Å². The number of aryl methyl sites for hydroxylation is 1. The van der Waals surface area contributed by atoms with Gasteiger partial charge in [0.25, 0.3) is 5.91 Å². The maximum absolute atomic E-state index is 12.9. The summed E-state index contributed by atoms with van der Waals surface area (Å²) in [4.78, 5) is 25.7. The molecule has 0 radical (unpaired) electrons. The average Bonchev–Trinajstić information content (AvgIpc) is 2.60. The molecule has 0 aromatic heterocycles. The smallest absolute Gasteiger partial charge is 0.323 e. The Morgan fingerprint density at radius 1 is 1.16 bits per heavy atom. The van der Waals surface area contributed by atoms with Gasteiger partial charge in [0, 0.05) is 17.2 Å². The second kappa shape index (κ2) is 8.29. The maximum Gasteiger partial charge on any atom is 0.323 e. The number of hydrogen-bond donors (Lipinski definition) is 1. The van der Waals surface area contributed by atoms with E-state index in [1.54, 1.807) is 24.3 Å². The van der Waals surface area contributed by atoms with Crippen molar-refractivity contribution in [2.75, 3.05) is 11.4 Å². The summed E-state index contributed by atoms with van der Waals surface area (Å²) >= 11 is 0. The Morgan fingerprint density at radius 3 is 2.44 bits per heavy atom. The van der Waals surface area contributed by atoms with E-state index in [0.29, 0.717) is 11.3 Å². The minimum absolute atomic E-state index is 0.0692. The van der Waals surface area contributed by atoms with Crippen LogP contribution in [0.15, 0.2) is 60.7 Å². The van der Waals surface area contributed by atoms with E-state index >= 15 is 0 Å². The van der Waals surface area contributed by atoms with Gasteiger partial charge in [-0.1, -0.05) is 55.0 Å². The van der Waals surface area contributed by atoms with Crippen LogP contribution >= 0.6 is 0 Å². The summed E-state index contributed by atoms with van der Waals surface area (Å²) in [7, 11) is 0. The SMILES string of the molecule is C/C=C/C(C)c1cc(C)ccc1N(CC(=O)O)C(=O)c1ccccc1. The standard InChI is InChI=1S/C21H23NO3/c1-4-8-16(3)18-13-15(2)11-12-19(18)22(14-20(23)24)21(25)17-9-6-5-7-10-17/h4-13,16H,14H2,1-3H3,(H,23,24)/b8-4+. The van der Waals surface area contributed by atoms with Crippen LogP contribution in [0.2, 0.25) is 0 Å². The molecule has 0 fully saturated rings. The van der Waals surface area contributed by atoms with Crippen molar-refractivity contribution in [3.8, 4) is 0 Å². The molecule has 0 aliphatic heterocycles. The summed E-state index contributed by atoms with van der Waals surface area (Å²) in [5.41, 5.74) is 3.10. The molecule has 0 aliphatic carbocycles. The molecule has 0 spiro atoms. The first-order valence-electron chi connectivity index (χ1n) is 8.26. The zero-order valence-electron chi connectivity index (χ0n) is 14.8. The third kappa shape index (κ3) is 4.57. The van der Waals surface area contributed by atoms with E-state index in [4.69, 9.17) is 0 Å². The number of aliphatic carboxylic acids is 1. The Kier molecular flexibility index (Phi) is 6.12. The fourth-order valence-electron chi connectivity index (χ4n) is 2.82. The second-order valence-corrected chi connectivity index (χ2v) is 6.03. The van der Waals surface area contributed by atoms with Gasteiger partial charge in [0.2, 0.25) is 0 Å². The molecule has 130 valence electrons. The predicted molar refractivity (Wildman–Crippen MR) is 100 cm³/mol. The molecule has 2 aromatic rings. The van der Waals surface area contributed by atoms with Gasteiger partial charge in [0.1, 0.15) is 6.54 Å². The topological polar surface area (TPSA) is 57.6 Å². The van der Waals surface area contributed by atoms with Gasteiger partial charge in [-0.25, -0.2) is 0 Å². The molecule has 1 N–H and O–H groups in total. The lowest BCUT2D eigenvalue weighted by Crippen LogP contribution is -2.36. The van der Waals surface area contributed by atoms with Gasteiger partial charge in [-0.3, -0.25) is 14.5 Å². The van der Waals surface area contributed by atoms with Gasteiger partial charge in [-0.05, 0) is 37.6 Å². The van der Waals surface area contributed by atoms with Crippen LogP contribution in [0, 0.1) is 6.92 Å². The maximum atomic E-state index is 12.9. The van der Waals surface area contributed by atoms with Crippen LogP contribution in [0.3, 0.4) is 0 Å². The minimum atomic E-state index is -1.05. The van der Waals surface area contributed by atoms with Crippen LogP contribution in [0.25, 0.3) is 0 Å². The number of hydrogen-bond acceptors (Lipinski definition) is 2. The van der Waals surface area contributed by atoms with E-state index < -0.39 is 5.97 Å². The predicted octanol–water partition coefficient (Wildman–Crippen LogP) is 4.41. The molecule has 0 saturated heterocycles. The van der Waals surface area contributed by atoms with Crippen molar-refractivity contribution in [3.63, 3.8) is 0 Å². The van der Waals surface area contributed by atoms with Crippen molar-refractivity contribution in [2.24, 2.45) is 0 Å². The number of carboxylic acids is 1. The Morgan fingerprint density at radius 2 is 1.84 bits per heavy atom. The second-order valence-electron chi connectivity index (χ2n) is 6.03. The quantitative estimate of drug-likeness (QED) is 0.795. The fraction of sp³-hybridized carbons (Fsp3) is 0.238. The van der Waals surface area contributed by atoms with E-state index in [-0.39, 0.29) is 18.4 Å². The van der Waals surface area contributed by atoms with Crippen molar-refractivity contribution in [1.29, 1.82) is 0 Å². The van der Waals surface area contributed by atoms with E-state index in [1.807, 2.05) is 57.2 Å². The molecule has 4 nitrogen and oxygen atoms in total. The lowest BCUT2D eigenvalue weighted by molar-refractivity contribution is -0.135. The highest BCUT2D eigenvalue weighted by Gasteiger charge is 2.24. The zero-order valence-corrected chi connectivity index (χ0v) is 14.8. The van der Waals surface area contributed by atoms with Gasteiger partial charge in [0.05, 0.1) is 0 Å². The molecule has 4 heteroatoms. The number of carboxylic acid groups (broad SMARTS) is 1. The van der Waals surface area contributed by atoms with Crippen molar-refractivity contribution in [3.05, 3.63) is 77.4 Å². The number of anilines is 1. The Bertz CT molecular complexity index is 781. The van der Waals surface area contributed by atoms with E-state index in [1.165, 1.54) is 4.90 Å². The van der Waals surface area contributed by atoms with Crippen molar-refractivity contribution >= 4 is 17.6 Å². The van der Waals surface area contributed by atoms with Crippen LogP contribution in [0.5, 0.6) is 0 Å². The van der Waals surface area contributed by atoms with E-state index in [2.05, 4.69) is 0 Å². The first kappa shape index (κ1) is 18.5. The lowest BCUT2D eigenvalue weighted by Gasteiger charge is -2.26. The Balaban J connectivity index is 2.55. The summed E-state index contributed by atoms with van der Waals surface area (Å²) < 4.78 is 0. The first-order valence-corrected chi connectivity index (χ1v) is 8.26. The molecular formula is C21H23NO3. The van der Waals surface area contributed by atoms with E-state index in [0.717, 1.165) is 11.1 Å². The molecule has 0 heterocycles. The Hall–Kier alpha value is -2.88. The number of benzene rings is 2. The summed E-state index contributed by atoms with van der Waals surface area (Å²) in [6, 6.07) is 14.5. The Labute approximate surface area is 148 Å². The molecule has 0 bridgehead atoms. The van der Waals surface area contributed by atoms with Crippen LogP contribution in [0.4, 0.5) is 5.69 Å². The molecule has 1 unspecified atom stereocenters. The number of nitrogens with zero attached hydrogens (tertiary/aromatic N) is 1. The molecule has 0 aliphatic rings. The molecular weight excluding hydrogens is 314 g/mol. The summed E-state index contributed by atoms with van der Waals surface area (Å²) in [6.45, 7) is 5.57. The molecule has 2 rings (SSSR count). The highest BCUT2D eigenvalue weighted by Crippen LogP contribution is 2.30. The molecule has 0 saturated carbocycles. The van der Waals surface area contributed by atoms with Crippen LogP contribution < -0.4 is 4.90 Å². The van der Waals surface area contributed by atoms with Crippen molar-refractivity contribution < 1.29 is 14.7 Å². The molecule has 1 atom stereocenters. The fourth-order valence-corrected chi connectivity index (χ4v) is 2.82. The first-order chi connectivity index (χ1) is 11.9.